The second-order valence-corrected chi connectivity index (χ2v) is 2.37. The van der Waals surface area contributed by atoms with Gasteiger partial charge in [-0.25, -0.2) is 4.79 Å². The number of alkyl carbamates (subject to hydrolysis) is 1. The van der Waals surface area contributed by atoms with Crippen molar-refractivity contribution in [3.63, 3.8) is 0 Å². The van der Waals surface area contributed by atoms with Gasteiger partial charge in [0.25, 0.3) is 0 Å². The third-order valence-electron chi connectivity index (χ3n) is 1.22. The van der Waals surface area contributed by atoms with Crippen LogP contribution in [0.3, 0.4) is 0 Å². The Kier molecular flexibility index (Phi) is 1.04. The Morgan fingerprint density at radius 3 is 2.89 bits per heavy atom. The molecule has 0 bridgehead atoms. The molecule has 0 unspecified atom stereocenters. The van der Waals surface area contributed by atoms with Gasteiger partial charge in [0.05, 0.1) is 8.78 Å². The van der Waals surface area contributed by atoms with Gasteiger partial charge in [0.2, 0.25) is 0 Å². The lowest BCUT2D eigenvalue weighted by Gasteiger charge is -2.09. The molecule has 0 aromatic rings. The van der Waals surface area contributed by atoms with Gasteiger partial charge in [0.1, 0.15) is 6.56 Å². The molecule has 0 aromatic carbocycles. The number of nitrogens with one attached hydrogen (secondary N) is 1. The summed E-state index contributed by atoms with van der Waals surface area (Å²) in [6, 6.07) is -0.532. The molecular formula is C6H11NO2. The lowest BCUT2D eigenvalue weighted by atomic mass is 10.1. The highest BCUT2D eigenvalue weighted by Gasteiger charge is 2.24. The summed E-state index contributed by atoms with van der Waals surface area (Å²) in [4.78, 5) is 10.6. The fourth-order valence-electron chi connectivity index (χ4n) is 0.606. The van der Waals surface area contributed by atoms with Gasteiger partial charge in [-0.15, -0.1) is 0 Å². The lowest BCUT2D eigenvalue weighted by Crippen LogP contribution is -2.30. The van der Waals surface area contributed by atoms with Crippen LogP contribution in [0.1, 0.15) is 16.6 Å². The van der Waals surface area contributed by atoms with Gasteiger partial charge in [-0.1, -0.05) is 13.8 Å². The van der Waals surface area contributed by atoms with E-state index in [1.807, 2.05) is 13.8 Å². The predicted molar refractivity (Wildman–Crippen MR) is 33.1 cm³/mol. The molecule has 0 saturated carbocycles. The molecule has 1 aliphatic rings. The van der Waals surface area contributed by atoms with Crippen molar-refractivity contribution in [2.24, 2.45) is 5.92 Å². The van der Waals surface area contributed by atoms with E-state index >= 15 is 0 Å². The van der Waals surface area contributed by atoms with E-state index in [9.17, 15) is 4.79 Å². The maximum atomic E-state index is 10.6. The average molecular weight is 131 g/mol. The number of hydrogen-bond acceptors (Lipinski definition) is 2. The fraction of sp³-hybridized carbons (Fsp3) is 0.833. The molecule has 3 nitrogen and oxygen atoms in total. The van der Waals surface area contributed by atoms with Crippen LogP contribution in [-0.2, 0) is 4.74 Å². The summed E-state index contributed by atoms with van der Waals surface area (Å²) in [6.07, 6.45) is -0.672. The van der Waals surface area contributed by atoms with E-state index in [1.54, 1.807) is 0 Å². The third-order valence-corrected chi connectivity index (χ3v) is 1.22. The lowest BCUT2D eigenvalue weighted by molar-refractivity contribution is 0.175. The summed E-state index contributed by atoms with van der Waals surface area (Å²) in [5.74, 6) is 0.0384. The molecule has 1 rings (SSSR count). The molecule has 1 heterocycles. The largest absolute Gasteiger partial charge is 0.447 e. The van der Waals surface area contributed by atoms with Gasteiger partial charge in [0.15, 0.2) is 0 Å². The number of amides is 1. The van der Waals surface area contributed by atoms with Crippen LogP contribution in [0.4, 0.5) is 4.79 Å². The maximum absolute atomic E-state index is 10.6. The molecule has 9 heavy (non-hydrogen) atoms. The Labute approximate surface area is 57.2 Å². The van der Waals surface area contributed by atoms with E-state index in [1.165, 1.54) is 0 Å². The zero-order chi connectivity index (χ0) is 8.65. The number of carbonyl (C=O) groups excluding carboxylic acids is 1. The van der Waals surface area contributed by atoms with Crippen LogP contribution in [0.15, 0.2) is 0 Å². The molecule has 0 radical (unpaired) electrons. The third kappa shape index (κ3) is 1.34. The zero-order valence-electron chi connectivity index (χ0n) is 7.47. The number of hydrogen-bond donors (Lipinski definition) is 1. The summed E-state index contributed by atoms with van der Waals surface area (Å²) in [7, 11) is 0. The summed E-state index contributed by atoms with van der Waals surface area (Å²) < 4.78 is 18.9. The number of rotatable bonds is 1. The minimum atomic E-state index is -1.86. The molecule has 1 aliphatic heterocycles. The van der Waals surface area contributed by atoms with Gasteiger partial charge >= 0.3 is 6.09 Å². The molecule has 0 aliphatic carbocycles. The highest BCUT2D eigenvalue weighted by molar-refractivity contribution is 5.69. The molecule has 0 aromatic heterocycles. The molecule has 1 N–H and O–H groups in total. The van der Waals surface area contributed by atoms with E-state index in [4.69, 9.17) is 2.74 Å². The molecule has 1 amide bonds. The van der Waals surface area contributed by atoms with Crippen molar-refractivity contribution in [2.45, 2.75) is 19.9 Å². The van der Waals surface area contributed by atoms with Crippen LogP contribution in [0.2, 0.25) is 0 Å². The monoisotopic (exact) mass is 131 g/mol. The SMILES string of the molecule is [2H]C1([2H])OC(=O)N[C@@H]1C(C)C. The van der Waals surface area contributed by atoms with Crippen molar-refractivity contribution in [1.29, 1.82) is 0 Å². The van der Waals surface area contributed by atoms with Crippen molar-refractivity contribution in [1.82, 2.24) is 5.32 Å². The van der Waals surface area contributed by atoms with E-state index in [2.05, 4.69) is 10.1 Å². The van der Waals surface area contributed by atoms with Gasteiger partial charge < -0.3 is 10.1 Å². The Balaban J connectivity index is 2.74. The molecule has 3 heteroatoms. The molecule has 0 spiro atoms. The molecule has 1 saturated heterocycles. The minimum absolute atomic E-state index is 0.0384. The van der Waals surface area contributed by atoms with Crippen molar-refractivity contribution >= 4 is 6.09 Å². The Bertz CT molecular complexity index is 181. The average Bonchev–Trinajstić information content (AvgIpc) is 2.04. The summed E-state index contributed by atoms with van der Waals surface area (Å²) in [5.41, 5.74) is 0. The van der Waals surface area contributed by atoms with Gasteiger partial charge in [-0.3, -0.25) is 0 Å². The summed E-state index contributed by atoms with van der Waals surface area (Å²) >= 11 is 0. The van der Waals surface area contributed by atoms with E-state index in [0.29, 0.717) is 0 Å². The van der Waals surface area contributed by atoms with Crippen molar-refractivity contribution in [2.75, 3.05) is 6.56 Å². The van der Waals surface area contributed by atoms with Crippen LogP contribution >= 0.6 is 0 Å². The van der Waals surface area contributed by atoms with Crippen molar-refractivity contribution < 1.29 is 12.3 Å². The Hall–Kier alpha value is -0.730. The van der Waals surface area contributed by atoms with E-state index in [-0.39, 0.29) is 5.92 Å². The first-order valence-electron chi connectivity index (χ1n) is 3.93. The first-order chi connectivity index (χ1) is 4.93. The standard InChI is InChI=1S/C6H11NO2/c1-4(2)5-3-9-6(8)7-5/h4-5H,3H2,1-2H3,(H,7,8)/t5-/m0/s1/i3D2. The second-order valence-electron chi connectivity index (χ2n) is 2.37. The molecule has 52 valence electrons. The number of cyclic esters (lactones) is 1. The van der Waals surface area contributed by atoms with Crippen LogP contribution in [0, 0.1) is 5.92 Å². The van der Waals surface area contributed by atoms with Crippen LogP contribution < -0.4 is 5.32 Å². The van der Waals surface area contributed by atoms with Crippen LogP contribution in [-0.4, -0.2) is 18.7 Å². The highest BCUT2D eigenvalue weighted by Crippen LogP contribution is 2.07. The Morgan fingerprint density at radius 2 is 2.67 bits per heavy atom. The van der Waals surface area contributed by atoms with Crippen molar-refractivity contribution in [3.8, 4) is 0 Å². The summed E-state index contributed by atoms with van der Waals surface area (Å²) in [5, 5.41) is 2.41. The minimum Gasteiger partial charge on any atom is -0.447 e. The summed E-state index contributed by atoms with van der Waals surface area (Å²) in [6.45, 7) is 1.81. The molecular weight excluding hydrogens is 118 g/mol. The van der Waals surface area contributed by atoms with E-state index < -0.39 is 18.7 Å². The predicted octanol–water partition coefficient (Wildman–Crippen LogP) is 0.751. The second kappa shape index (κ2) is 2.25. The van der Waals surface area contributed by atoms with Gasteiger partial charge in [0, 0.05) is 0 Å². The first kappa shape index (κ1) is 4.14. The molecule has 1 fully saturated rings. The maximum Gasteiger partial charge on any atom is 0.407 e. The molecule has 1 atom stereocenters. The Morgan fingerprint density at radius 1 is 2.00 bits per heavy atom. The quantitative estimate of drug-likeness (QED) is 0.570. The van der Waals surface area contributed by atoms with Crippen molar-refractivity contribution in [3.05, 3.63) is 0 Å². The van der Waals surface area contributed by atoms with Crippen LogP contribution in [0.25, 0.3) is 0 Å². The number of carbonyl (C=O) groups is 1. The normalized spacial score (nSPS) is 35.0. The van der Waals surface area contributed by atoms with E-state index in [0.717, 1.165) is 0 Å². The first-order valence-corrected chi connectivity index (χ1v) is 2.93. The fourth-order valence-corrected chi connectivity index (χ4v) is 0.606. The van der Waals surface area contributed by atoms with Gasteiger partial charge in [-0.2, -0.15) is 0 Å². The van der Waals surface area contributed by atoms with Crippen LogP contribution in [0.5, 0.6) is 0 Å². The zero-order valence-corrected chi connectivity index (χ0v) is 5.47. The smallest absolute Gasteiger partial charge is 0.407 e. The van der Waals surface area contributed by atoms with Gasteiger partial charge in [-0.05, 0) is 5.92 Å². The topological polar surface area (TPSA) is 38.3 Å². The highest BCUT2D eigenvalue weighted by atomic mass is 16.6. The number of ether oxygens (including phenoxy) is 1.